The molecule has 0 radical (unpaired) electrons. The SMILES string of the molecule is Cc1cc(NC(=O)c2cccc(F)c2)sc1C(=O)NCC(c1ccc(F)cc1)N1CCOCC1. The van der Waals surface area contributed by atoms with Gasteiger partial charge >= 0.3 is 0 Å². The zero-order valence-electron chi connectivity index (χ0n) is 18.6. The summed E-state index contributed by atoms with van der Waals surface area (Å²) in [6, 6.07) is 13.3. The van der Waals surface area contributed by atoms with E-state index in [9.17, 15) is 18.4 Å². The van der Waals surface area contributed by atoms with Crippen LogP contribution in [-0.4, -0.2) is 49.6 Å². The molecule has 0 spiro atoms. The monoisotopic (exact) mass is 485 g/mol. The average molecular weight is 486 g/mol. The van der Waals surface area contributed by atoms with E-state index in [1.165, 1.54) is 30.3 Å². The molecule has 0 bridgehead atoms. The van der Waals surface area contributed by atoms with Crippen molar-refractivity contribution in [1.29, 1.82) is 0 Å². The second-order valence-corrected chi connectivity index (χ2v) is 9.07. The molecule has 2 N–H and O–H groups in total. The van der Waals surface area contributed by atoms with Crippen LogP contribution in [0.15, 0.2) is 54.6 Å². The molecule has 2 heterocycles. The second kappa shape index (κ2) is 10.9. The van der Waals surface area contributed by atoms with Gasteiger partial charge in [0.25, 0.3) is 11.8 Å². The number of anilines is 1. The first-order valence-electron chi connectivity index (χ1n) is 10.9. The fourth-order valence-corrected chi connectivity index (χ4v) is 4.87. The molecule has 1 unspecified atom stereocenters. The molecular formula is C25H25F2N3O3S. The third kappa shape index (κ3) is 5.85. The quantitative estimate of drug-likeness (QED) is 0.521. The van der Waals surface area contributed by atoms with Crippen molar-refractivity contribution in [2.75, 3.05) is 38.2 Å². The van der Waals surface area contributed by atoms with E-state index < -0.39 is 11.7 Å². The number of ether oxygens (including phenoxy) is 1. The summed E-state index contributed by atoms with van der Waals surface area (Å²) in [5.74, 6) is -1.51. The number of benzene rings is 2. The highest BCUT2D eigenvalue weighted by Gasteiger charge is 2.24. The lowest BCUT2D eigenvalue weighted by atomic mass is 10.0. The molecule has 3 aromatic rings. The van der Waals surface area contributed by atoms with Crippen molar-refractivity contribution in [2.45, 2.75) is 13.0 Å². The predicted molar refractivity (Wildman–Crippen MR) is 127 cm³/mol. The summed E-state index contributed by atoms with van der Waals surface area (Å²) in [6.07, 6.45) is 0. The van der Waals surface area contributed by atoms with Crippen molar-refractivity contribution in [3.05, 3.63) is 87.8 Å². The predicted octanol–water partition coefficient (Wildman–Crippen LogP) is 4.39. The summed E-state index contributed by atoms with van der Waals surface area (Å²) in [5, 5.41) is 6.21. The third-order valence-electron chi connectivity index (χ3n) is 5.64. The summed E-state index contributed by atoms with van der Waals surface area (Å²) in [6.45, 7) is 4.77. The van der Waals surface area contributed by atoms with Crippen LogP contribution in [-0.2, 0) is 4.74 Å². The van der Waals surface area contributed by atoms with Crippen molar-refractivity contribution >= 4 is 28.2 Å². The largest absolute Gasteiger partial charge is 0.379 e. The molecular weight excluding hydrogens is 460 g/mol. The Morgan fingerprint density at radius 2 is 1.76 bits per heavy atom. The highest BCUT2D eigenvalue weighted by Crippen LogP contribution is 2.28. The minimum absolute atomic E-state index is 0.124. The highest BCUT2D eigenvalue weighted by molar-refractivity contribution is 7.18. The van der Waals surface area contributed by atoms with E-state index >= 15 is 0 Å². The van der Waals surface area contributed by atoms with Gasteiger partial charge in [-0.05, 0) is 54.4 Å². The molecule has 9 heteroatoms. The van der Waals surface area contributed by atoms with Gasteiger partial charge < -0.3 is 15.4 Å². The zero-order valence-corrected chi connectivity index (χ0v) is 19.5. The maximum absolute atomic E-state index is 13.4. The molecule has 1 saturated heterocycles. The number of hydrogen-bond acceptors (Lipinski definition) is 5. The minimum Gasteiger partial charge on any atom is -0.379 e. The topological polar surface area (TPSA) is 70.7 Å². The number of carbonyl (C=O) groups is 2. The van der Waals surface area contributed by atoms with Crippen LogP contribution in [0.25, 0.3) is 0 Å². The van der Waals surface area contributed by atoms with Crippen LogP contribution in [0.3, 0.4) is 0 Å². The normalized spacial score (nSPS) is 15.0. The minimum atomic E-state index is -0.494. The Bertz CT molecular complexity index is 1160. The summed E-state index contributed by atoms with van der Waals surface area (Å²) >= 11 is 1.16. The Hall–Kier alpha value is -3.14. The third-order valence-corrected chi connectivity index (χ3v) is 6.80. The number of hydrogen-bond donors (Lipinski definition) is 2. The Kier molecular flexibility index (Phi) is 7.66. The summed E-state index contributed by atoms with van der Waals surface area (Å²) < 4.78 is 32.3. The standard InChI is InChI=1S/C25H25F2N3O3S/c1-16-13-22(29-24(31)18-3-2-4-20(27)14-18)34-23(16)25(32)28-15-21(30-9-11-33-12-10-30)17-5-7-19(26)8-6-17/h2-8,13-14,21H,9-12,15H2,1H3,(H,28,32)(H,29,31). The molecule has 178 valence electrons. The number of aryl methyl sites for hydroxylation is 1. The van der Waals surface area contributed by atoms with Gasteiger partial charge in [-0.25, -0.2) is 8.78 Å². The Balaban J connectivity index is 1.44. The van der Waals surface area contributed by atoms with E-state index in [0.29, 0.717) is 42.7 Å². The van der Waals surface area contributed by atoms with Gasteiger partial charge in [-0.1, -0.05) is 18.2 Å². The van der Waals surface area contributed by atoms with Gasteiger partial charge in [-0.15, -0.1) is 11.3 Å². The van der Waals surface area contributed by atoms with Gasteiger partial charge in [0, 0.05) is 25.2 Å². The van der Waals surface area contributed by atoms with Gasteiger partial charge in [-0.2, -0.15) is 0 Å². The number of amides is 2. The number of nitrogens with one attached hydrogen (secondary N) is 2. The van der Waals surface area contributed by atoms with Crippen LogP contribution in [0.2, 0.25) is 0 Å². The number of halogens is 2. The molecule has 1 atom stereocenters. The molecule has 0 saturated carbocycles. The number of morpholine rings is 1. The number of rotatable bonds is 7. The Morgan fingerprint density at radius 1 is 1.03 bits per heavy atom. The lowest BCUT2D eigenvalue weighted by Crippen LogP contribution is -2.43. The van der Waals surface area contributed by atoms with Crippen molar-refractivity contribution in [1.82, 2.24) is 10.2 Å². The fraction of sp³-hybridized carbons (Fsp3) is 0.280. The average Bonchev–Trinajstić information content (AvgIpc) is 3.20. The summed E-state index contributed by atoms with van der Waals surface area (Å²) in [5.41, 5.74) is 1.83. The molecule has 1 fully saturated rings. The first-order chi connectivity index (χ1) is 16.4. The van der Waals surface area contributed by atoms with Gasteiger partial charge in [0.15, 0.2) is 0 Å². The molecule has 2 aromatic carbocycles. The number of carbonyl (C=O) groups excluding carboxylic acids is 2. The molecule has 1 aromatic heterocycles. The van der Waals surface area contributed by atoms with Crippen molar-refractivity contribution < 1.29 is 23.1 Å². The first kappa shape index (κ1) is 24.0. The van der Waals surface area contributed by atoms with Crippen LogP contribution in [0.1, 0.15) is 37.2 Å². The summed E-state index contributed by atoms with van der Waals surface area (Å²) in [4.78, 5) is 28.1. The van der Waals surface area contributed by atoms with Gasteiger partial charge in [-0.3, -0.25) is 14.5 Å². The molecule has 1 aliphatic rings. The molecule has 1 aliphatic heterocycles. The van der Waals surface area contributed by atoms with Crippen LogP contribution >= 0.6 is 11.3 Å². The van der Waals surface area contributed by atoms with E-state index in [0.717, 1.165) is 28.5 Å². The molecule has 4 rings (SSSR count). The van der Waals surface area contributed by atoms with E-state index in [2.05, 4.69) is 15.5 Å². The van der Waals surface area contributed by atoms with Crippen molar-refractivity contribution in [2.24, 2.45) is 0 Å². The van der Waals surface area contributed by atoms with E-state index in [1.54, 1.807) is 25.1 Å². The van der Waals surface area contributed by atoms with Crippen LogP contribution < -0.4 is 10.6 Å². The van der Waals surface area contributed by atoms with E-state index in [-0.39, 0.29) is 23.3 Å². The van der Waals surface area contributed by atoms with Crippen LogP contribution in [0.4, 0.5) is 13.8 Å². The van der Waals surface area contributed by atoms with Crippen LogP contribution in [0, 0.1) is 18.6 Å². The second-order valence-electron chi connectivity index (χ2n) is 8.01. The Labute approximate surface area is 200 Å². The fourth-order valence-electron chi connectivity index (χ4n) is 3.88. The van der Waals surface area contributed by atoms with E-state index in [4.69, 9.17) is 4.74 Å². The lowest BCUT2D eigenvalue weighted by molar-refractivity contribution is 0.0162. The van der Waals surface area contributed by atoms with Crippen molar-refractivity contribution in [3.8, 4) is 0 Å². The smallest absolute Gasteiger partial charge is 0.261 e. The molecule has 2 amide bonds. The van der Waals surface area contributed by atoms with Crippen LogP contribution in [0.5, 0.6) is 0 Å². The van der Waals surface area contributed by atoms with Crippen molar-refractivity contribution in [3.63, 3.8) is 0 Å². The zero-order chi connectivity index (χ0) is 24.1. The Morgan fingerprint density at radius 3 is 2.47 bits per heavy atom. The van der Waals surface area contributed by atoms with Gasteiger partial charge in [0.1, 0.15) is 11.6 Å². The number of thiophene rings is 1. The van der Waals surface area contributed by atoms with E-state index in [1.807, 2.05) is 0 Å². The molecule has 34 heavy (non-hydrogen) atoms. The maximum atomic E-state index is 13.4. The maximum Gasteiger partial charge on any atom is 0.261 e. The highest BCUT2D eigenvalue weighted by atomic mass is 32.1. The van der Waals surface area contributed by atoms with Gasteiger partial charge in [0.2, 0.25) is 0 Å². The lowest BCUT2D eigenvalue weighted by Gasteiger charge is -2.35. The molecule has 0 aliphatic carbocycles. The van der Waals surface area contributed by atoms with Gasteiger partial charge in [0.05, 0.1) is 29.1 Å². The number of nitrogens with zero attached hydrogens (tertiary/aromatic N) is 1. The summed E-state index contributed by atoms with van der Waals surface area (Å²) in [7, 11) is 0. The molecule has 6 nitrogen and oxygen atoms in total. The first-order valence-corrected chi connectivity index (χ1v) is 11.7.